The van der Waals surface area contributed by atoms with E-state index in [4.69, 9.17) is 4.84 Å². The molecule has 0 atom stereocenters. The Morgan fingerprint density at radius 3 is 1.80 bits per heavy atom. The first-order valence-electron chi connectivity index (χ1n) is 6.75. The van der Waals surface area contributed by atoms with Gasteiger partial charge >= 0.3 is 0 Å². The van der Waals surface area contributed by atoms with Crippen LogP contribution in [0.25, 0.3) is 11.1 Å². The van der Waals surface area contributed by atoms with E-state index < -0.39 is 0 Å². The lowest BCUT2D eigenvalue weighted by Gasteiger charge is -2.09. The van der Waals surface area contributed by atoms with Gasteiger partial charge in [-0.2, -0.15) is 0 Å². The lowest BCUT2D eigenvalue weighted by molar-refractivity contribution is -0.899. The summed E-state index contributed by atoms with van der Waals surface area (Å²) < 4.78 is 1.77. The number of pyridine rings is 1. The van der Waals surface area contributed by atoms with Crippen LogP contribution in [0.3, 0.4) is 0 Å². The van der Waals surface area contributed by atoms with Crippen molar-refractivity contribution in [2.45, 2.75) is 6.10 Å². The molecule has 1 aliphatic rings. The number of hydrogen-bond acceptors (Lipinski definition) is 1. The van der Waals surface area contributed by atoms with Gasteiger partial charge in [0.1, 0.15) is 0 Å². The highest BCUT2D eigenvalue weighted by atomic mass is 16.7. The molecule has 0 saturated heterocycles. The molecule has 0 saturated carbocycles. The normalized spacial score (nSPS) is 12.8. The molecule has 0 aliphatic heterocycles. The molecule has 0 unspecified atom stereocenters. The molecule has 3 aromatic rings. The summed E-state index contributed by atoms with van der Waals surface area (Å²) in [7, 11) is 0. The van der Waals surface area contributed by atoms with Gasteiger partial charge in [0, 0.05) is 28.0 Å². The number of fused-ring (bicyclic) bond motifs is 3. The molecule has 96 valence electrons. The third-order valence-corrected chi connectivity index (χ3v) is 3.69. The summed E-state index contributed by atoms with van der Waals surface area (Å²) in [6.45, 7) is 0. The minimum absolute atomic E-state index is 0.0465. The molecule has 0 N–H and O–H groups in total. The largest absolute Gasteiger partial charge is 0.258 e. The summed E-state index contributed by atoms with van der Waals surface area (Å²) in [5, 5.41) is 0. The second kappa shape index (κ2) is 4.49. The molecule has 2 heteroatoms. The van der Waals surface area contributed by atoms with Crippen LogP contribution in [0.5, 0.6) is 0 Å². The van der Waals surface area contributed by atoms with E-state index in [9.17, 15) is 0 Å². The standard InChI is InChI=1S/C18H14NO/c1-6-12-19(13-7-1)20-18-16-10-4-2-8-14(16)15-9-3-5-11-17(15)18/h1-13,18H/q+1. The van der Waals surface area contributed by atoms with E-state index in [1.807, 2.05) is 30.6 Å². The van der Waals surface area contributed by atoms with Crippen molar-refractivity contribution >= 4 is 0 Å². The Morgan fingerprint density at radius 1 is 0.650 bits per heavy atom. The zero-order valence-electron chi connectivity index (χ0n) is 10.9. The molecule has 1 aromatic heterocycles. The minimum atomic E-state index is -0.0465. The van der Waals surface area contributed by atoms with Gasteiger partial charge in [0.25, 0.3) is 0 Å². The van der Waals surface area contributed by atoms with Crippen molar-refractivity contribution in [1.29, 1.82) is 0 Å². The second-order valence-corrected chi connectivity index (χ2v) is 4.90. The highest BCUT2D eigenvalue weighted by Gasteiger charge is 2.32. The van der Waals surface area contributed by atoms with Crippen LogP contribution in [0.4, 0.5) is 0 Å². The van der Waals surface area contributed by atoms with Crippen LogP contribution in [0, 0.1) is 0 Å². The topological polar surface area (TPSA) is 13.1 Å². The Morgan fingerprint density at radius 2 is 1.20 bits per heavy atom. The van der Waals surface area contributed by atoms with Crippen molar-refractivity contribution in [3.8, 4) is 11.1 Å². The Hall–Kier alpha value is -2.61. The van der Waals surface area contributed by atoms with E-state index in [0.29, 0.717) is 0 Å². The maximum absolute atomic E-state index is 6.14. The van der Waals surface area contributed by atoms with Crippen LogP contribution in [-0.2, 0) is 0 Å². The van der Waals surface area contributed by atoms with E-state index in [1.165, 1.54) is 22.3 Å². The monoisotopic (exact) mass is 260 g/mol. The van der Waals surface area contributed by atoms with Gasteiger partial charge < -0.3 is 0 Å². The molecule has 1 aliphatic carbocycles. The third-order valence-electron chi connectivity index (χ3n) is 3.69. The average molecular weight is 260 g/mol. The van der Waals surface area contributed by atoms with E-state index in [-0.39, 0.29) is 6.10 Å². The van der Waals surface area contributed by atoms with Gasteiger partial charge in [-0.1, -0.05) is 54.6 Å². The molecular formula is C18H14NO+. The van der Waals surface area contributed by atoms with Crippen LogP contribution in [-0.4, -0.2) is 0 Å². The van der Waals surface area contributed by atoms with Crippen LogP contribution in [0.2, 0.25) is 0 Å². The van der Waals surface area contributed by atoms with Gasteiger partial charge in [-0.05, 0) is 11.1 Å². The Kier molecular flexibility index (Phi) is 2.52. The number of rotatable bonds is 2. The molecule has 2 aromatic carbocycles. The summed E-state index contributed by atoms with van der Waals surface area (Å²) in [5.41, 5.74) is 4.99. The predicted octanol–water partition coefficient (Wildman–Crippen LogP) is 3.17. The van der Waals surface area contributed by atoms with Gasteiger partial charge in [0.2, 0.25) is 18.5 Å². The van der Waals surface area contributed by atoms with Crippen LogP contribution < -0.4 is 9.57 Å². The van der Waals surface area contributed by atoms with Crippen molar-refractivity contribution in [2.75, 3.05) is 0 Å². The fraction of sp³-hybridized carbons (Fsp3) is 0.0556. The molecule has 0 bridgehead atoms. The van der Waals surface area contributed by atoms with Crippen molar-refractivity contribution in [1.82, 2.24) is 0 Å². The quantitative estimate of drug-likeness (QED) is 0.645. The zero-order chi connectivity index (χ0) is 13.4. The Bertz CT molecular complexity index is 707. The zero-order valence-corrected chi connectivity index (χ0v) is 10.9. The first-order chi connectivity index (χ1) is 9.93. The Balaban J connectivity index is 1.83. The summed E-state index contributed by atoms with van der Waals surface area (Å²) in [5.74, 6) is 0. The number of aromatic nitrogens is 1. The second-order valence-electron chi connectivity index (χ2n) is 4.90. The lowest BCUT2D eigenvalue weighted by atomic mass is 10.1. The van der Waals surface area contributed by atoms with Crippen LogP contribution in [0.1, 0.15) is 17.2 Å². The molecule has 1 heterocycles. The van der Waals surface area contributed by atoms with Gasteiger partial charge in [-0.15, -0.1) is 0 Å². The molecule has 4 rings (SSSR count). The Labute approximate surface area is 117 Å². The maximum Gasteiger partial charge on any atom is 0.222 e. The molecule has 0 spiro atoms. The highest BCUT2D eigenvalue weighted by Crippen LogP contribution is 2.43. The first kappa shape index (κ1) is 11.2. The van der Waals surface area contributed by atoms with Gasteiger partial charge in [-0.25, -0.2) is 0 Å². The van der Waals surface area contributed by atoms with E-state index in [0.717, 1.165) is 0 Å². The third kappa shape index (κ3) is 1.69. The van der Waals surface area contributed by atoms with Crippen LogP contribution in [0.15, 0.2) is 79.1 Å². The van der Waals surface area contributed by atoms with Crippen molar-refractivity contribution in [3.63, 3.8) is 0 Å². The fourth-order valence-corrected chi connectivity index (χ4v) is 2.80. The summed E-state index contributed by atoms with van der Waals surface area (Å²) in [6, 6.07) is 22.8. The summed E-state index contributed by atoms with van der Waals surface area (Å²) in [4.78, 5) is 6.14. The molecule has 20 heavy (non-hydrogen) atoms. The maximum atomic E-state index is 6.14. The van der Waals surface area contributed by atoms with E-state index in [1.54, 1.807) is 4.73 Å². The molecule has 0 fully saturated rings. The minimum Gasteiger partial charge on any atom is -0.258 e. The van der Waals surface area contributed by atoms with Crippen LogP contribution >= 0.6 is 0 Å². The average Bonchev–Trinajstić information content (AvgIpc) is 2.84. The predicted molar refractivity (Wildman–Crippen MR) is 76.9 cm³/mol. The van der Waals surface area contributed by atoms with Crippen molar-refractivity contribution in [3.05, 3.63) is 90.3 Å². The molecule has 0 amide bonds. The van der Waals surface area contributed by atoms with E-state index in [2.05, 4.69) is 48.5 Å². The summed E-state index contributed by atoms with van der Waals surface area (Å²) in [6.07, 6.45) is 3.79. The van der Waals surface area contributed by atoms with Gasteiger partial charge in [0.05, 0.1) is 0 Å². The number of nitrogens with zero attached hydrogens (tertiary/aromatic N) is 1. The fourth-order valence-electron chi connectivity index (χ4n) is 2.80. The summed E-state index contributed by atoms with van der Waals surface area (Å²) >= 11 is 0. The molecular weight excluding hydrogens is 246 g/mol. The van der Waals surface area contributed by atoms with Crippen molar-refractivity contribution in [2.24, 2.45) is 0 Å². The highest BCUT2D eigenvalue weighted by molar-refractivity contribution is 5.77. The molecule has 2 nitrogen and oxygen atoms in total. The number of benzene rings is 2. The first-order valence-corrected chi connectivity index (χ1v) is 6.75. The van der Waals surface area contributed by atoms with Gasteiger partial charge in [-0.3, -0.25) is 4.84 Å². The van der Waals surface area contributed by atoms with Crippen molar-refractivity contribution < 1.29 is 9.57 Å². The smallest absolute Gasteiger partial charge is 0.222 e. The number of hydrogen-bond donors (Lipinski definition) is 0. The van der Waals surface area contributed by atoms with Gasteiger partial charge in [0.15, 0.2) is 0 Å². The lowest BCUT2D eigenvalue weighted by Crippen LogP contribution is -2.43. The molecule has 0 radical (unpaired) electrons. The van der Waals surface area contributed by atoms with E-state index >= 15 is 0 Å². The SMILES string of the molecule is c1cc[n+](OC2c3ccccc3-c3ccccc32)cc1.